The normalized spacial score (nSPS) is 16.1. The Bertz CT molecular complexity index is 1120. The van der Waals surface area contributed by atoms with Crippen LogP contribution < -0.4 is 5.32 Å². The highest BCUT2D eigenvalue weighted by atomic mass is 32.2. The molecule has 30 heavy (non-hydrogen) atoms. The first-order chi connectivity index (χ1) is 14.4. The van der Waals surface area contributed by atoms with Crippen molar-refractivity contribution in [3.05, 3.63) is 59.9 Å². The largest absolute Gasteiger partial charge is 0.393 e. The third-order valence-corrected chi connectivity index (χ3v) is 6.59. The summed E-state index contributed by atoms with van der Waals surface area (Å²) in [6, 6.07) is 13.3. The number of nitrogens with one attached hydrogen (secondary N) is 1. The van der Waals surface area contributed by atoms with E-state index in [4.69, 9.17) is 0 Å². The Balaban J connectivity index is 1.44. The van der Waals surface area contributed by atoms with Crippen LogP contribution in [-0.4, -0.2) is 53.8 Å². The van der Waals surface area contributed by atoms with Gasteiger partial charge in [-0.05, 0) is 42.2 Å². The van der Waals surface area contributed by atoms with Crippen molar-refractivity contribution < 1.29 is 13.5 Å². The second kappa shape index (κ2) is 8.67. The van der Waals surface area contributed by atoms with Crippen molar-refractivity contribution in [3.8, 4) is 0 Å². The van der Waals surface area contributed by atoms with Gasteiger partial charge in [0.25, 0.3) is 0 Å². The van der Waals surface area contributed by atoms with Gasteiger partial charge in [0.1, 0.15) is 12.1 Å². The molecule has 2 heterocycles. The molecule has 1 aliphatic rings. The SMILES string of the molecule is CS(=O)(=O)c1ccc2ncnc(NCc3ccc(CN4CCC(O)CC4)cc3)c2c1. The molecule has 0 unspecified atom stereocenters. The van der Waals surface area contributed by atoms with Gasteiger partial charge >= 0.3 is 0 Å². The van der Waals surface area contributed by atoms with Crippen molar-refractivity contribution in [2.75, 3.05) is 24.7 Å². The van der Waals surface area contributed by atoms with E-state index >= 15 is 0 Å². The van der Waals surface area contributed by atoms with E-state index in [0.717, 1.165) is 38.0 Å². The molecule has 2 N–H and O–H groups in total. The van der Waals surface area contributed by atoms with Crippen LogP contribution in [0.25, 0.3) is 10.9 Å². The number of aliphatic hydroxyl groups is 1. The zero-order valence-electron chi connectivity index (χ0n) is 17.0. The second-order valence-electron chi connectivity index (χ2n) is 7.85. The van der Waals surface area contributed by atoms with E-state index in [1.807, 2.05) is 0 Å². The average Bonchev–Trinajstić information content (AvgIpc) is 2.74. The van der Waals surface area contributed by atoms with Crippen LogP contribution in [0.4, 0.5) is 5.82 Å². The summed E-state index contributed by atoms with van der Waals surface area (Å²) < 4.78 is 23.8. The number of hydrogen-bond acceptors (Lipinski definition) is 7. The highest BCUT2D eigenvalue weighted by Gasteiger charge is 2.16. The zero-order chi connectivity index (χ0) is 21.1. The van der Waals surface area contributed by atoms with Gasteiger partial charge in [0.05, 0.1) is 16.5 Å². The first kappa shape index (κ1) is 20.7. The van der Waals surface area contributed by atoms with Crippen molar-refractivity contribution in [1.82, 2.24) is 14.9 Å². The van der Waals surface area contributed by atoms with Crippen LogP contribution in [0.2, 0.25) is 0 Å². The van der Waals surface area contributed by atoms with E-state index < -0.39 is 9.84 Å². The van der Waals surface area contributed by atoms with Gasteiger partial charge in [-0.2, -0.15) is 0 Å². The van der Waals surface area contributed by atoms with Gasteiger partial charge in [-0.3, -0.25) is 4.90 Å². The van der Waals surface area contributed by atoms with Gasteiger partial charge < -0.3 is 10.4 Å². The lowest BCUT2D eigenvalue weighted by Gasteiger charge is -2.29. The Morgan fingerprint density at radius 2 is 1.77 bits per heavy atom. The Hall–Kier alpha value is -2.55. The summed E-state index contributed by atoms with van der Waals surface area (Å²) in [5, 5.41) is 13.6. The van der Waals surface area contributed by atoms with E-state index in [2.05, 4.69) is 44.5 Å². The van der Waals surface area contributed by atoms with Crippen molar-refractivity contribution in [2.45, 2.75) is 36.9 Å². The molecule has 3 aromatic rings. The standard InChI is InChI=1S/C22H26N4O3S/c1-30(28,29)19-6-7-21-20(12-19)22(25-15-24-21)23-13-16-2-4-17(5-3-16)14-26-10-8-18(27)9-11-26/h2-7,12,15,18,27H,8-11,13-14H2,1H3,(H,23,24,25). The molecule has 1 aliphatic heterocycles. The quantitative estimate of drug-likeness (QED) is 0.625. The predicted molar refractivity (Wildman–Crippen MR) is 117 cm³/mol. The fourth-order valence-corrected chi connectivity index (χ4v) is 4.34. The smallest absolute Gasteiger partial charge is 0.175 e. The van der Waals surface area contributed by atoms with Crippen molar-refractivity contribution in [2.24, 2.45) is 0 Å². The van der Waals surface area contributed by atoms with Crippen LogP contribution in [0, 0.1) is 0 Å². The fourth-order valence-electron chi connectivity index (χ4n) is 3.69. The van der Waals surface area contributed by atoms with Gasteiger partial charge in [-0.15, -0.1) is 0 Å². The zero-order valence-corrected chi connectivity index (χ0v) is 17.8. The molecule has 0 atom stereocenters. The van der Waals surface area contributed by atoms with Gasteiger partial charge in [-0.1, -0.05) is 24.3 Å². The van der Waals surface area contributed by atoms with Crippen LogP contribution in [-0.2, 0) is 22.9 Å². The molecule has 7 nitrogen and oxygen atoms in total. The monoisotopic (exact) mass is 426 g/mol. The van der Waals surface area contributed by atoms with Crippen LogP contribution in [0.3, 0.4) is 0 Å². The number of fused-ring (bicyclic) bond motifs is 1. The highest BCUT2D eigenvalue weighted by molar-refractivity contribution is 7.90. The van der Waals surface area contributed by atoms with Crippen LogP contribution >= 0.6 is 0 Å². The molecule has 1 aromatic heterocycles. The van der Waals surface area contributed by atoms with Crippen LogP contribution in [0.1, 0.15) is 24.0 Å². The van der Waals surface area contributed by atoms with E-state index in [9.17, 15) is 13.5 Å². The van der Waals surface area contributed by atoms with Gasteiger partial charge in [0.2, 0.25) is 0 Å². The maximum atomic E-state index is 11.9. The summed E-state index contributed by atoms with van der Waals surface area (Å²) in [5.41, 5.74) is 3.06. The molecule has 0 radical (unpaired) electrons. The number of sulfone groups is 1. The summed E-state index contributed by atoms with van der Waals surface area (Å²) in [6.07, 6.45) is 4.20. The third-order valence-electron chi connectivity index (χ3n) is 5.48. The minimum atomic E-state index is -3.30. The van der Waals surface area contributed by atoms with Gasteiger partial charge in [0, 0.05) is 37.8 Å². The van der Waals surface area contributed by atoms with E-state index in [-0.39, 0.29) is 11.0 Å². The van der Waals surface area contributed by atoms with E-state index in [1.165, 1.54) is 18.1 Å². The molecule has 0 spiro atoms. The number of piperidine rings is 1. The lowest BCUT2D eigenvalue weighted by atomic mass is 10.1. The molecule has 4 rings (SSSR count). The van der Waals surface area contributed by atoms with Crippen molar-refractivity contribution in [3.63, 3.8) is 0 Å². The molecule has 2 aromatic carbocycles. The van der Waals surface area contributed by atoms with Crippen LogP contribution in [0.5, 0.6) is 0 Å². The molecule has 0 aliphatic carbocycles. The summed E-state index contributed by atoms with van der Waals surface area (Å²) in [4.78, 5) is 11.1. The Kier molecular flexibility index (Phi) is 5.99. The number of nitrogens with zero attached hydrogens (tertiary/aromatic N) is 3. The molecular weight excluding hydrogens is 400 g/mol. The molecular formula is C22H26N4O3S. The molecule has 0 bridgehead atoms. The molecule has 158 valence electrons. The minimum absolute atomic E-state index is 0.152. The third kappa shape index (κ3) is 4.95. The Morgan fingerprint density at radius 3 is 2.47 bits per heavy atom. The molecule has 1 saturated heterocycles. The van der Waals surface area contributed by atoms with Gasteiger partial charge in [-0.25, -0.2) is 18.4 Å². The highest BCUT2D eigenvalue weighted by Crippen LogP contribution is 2.23. The fraction of sp³-hybridized carbons (Fsp3) is 0.364. The first-order valence-electron chi connectivity index (χ1n) is 10.1. The molecule has 0 amide bonds. The summed E-state index contributed by atoms with van der Waals surface area (Å²) in [7, 11) is -3.30. The Labute approximate surface area is 176 Å². The summed E-state index contributed by atoms with van der Waals surface area (Å²) >= 11 is 0. The molecule has 0 saturated carbocycles. The number of likely N-dealkylation sites (tertiary alicyclic amines) is 1. The van der Waals surface area contributed by atoms with E-state index in [1.54, 1.807) is 18.2 Å². The van der Waals surface area contributed by atoms with Crippen molar-refractivity contribution >= 4 is 26.6 Å². The number of anilines is 1. The average molecular weight is 427 g/mol. The number of rotatable bonds is 6. The lowest BCUT2D eigenvalue weighted by molar-refractivity contribution is 0.0792. The second-order valence-corrected chi connectivity index (χ2v) is 9.87. The summed E-state index contributed by atoms with van der Waals surface area (Å²) in [6.45, 7) is 3.33. The van der Waals surface area contributed by atoms with E-state index in [0.29, 0.717) is 23.3 Å². The summed E-state index contributed by atoms with van der Waals surface area (Å²) in [5.74, 6) is 0.612. The number of benzene rings is 2. The number of aliphatic hydroxyl groups excluding tert-OH is 1. The first-order valence-corrected chi connectivity index (χ1v) is 11.9. The van der Waals surface area contributed by atoms with Gasteiger partial charge in [0.15, 0.2) is 9.84 Å². The lowest BCUT2D eigenvalue weighted by Crippen LogP contribution is -2.35. The Morgan fingerprint density at radius 1 is 1.07 bits per heavy atom. The van der Waals surface area contributed by atoms with Crippen LogP contribution in [0.15, 0.2) is 53.7 Å². The van der Waals surface area contributed by atoms with Crippen molar-refractivity contribution in [1.29, 1.82) is 0 Å². The molecule has 1 fully saturated rings. The maximum Gasteiger partial charge on any atom is 0.175 e. The number of hydrogen-bond donors (Lipinski definition) is 2. The molecule has 8 heteroatoms. The minimum Gasteiger partial charge on any atom is -0.393 e. The maximum absolute atomic E-state index is 11.9. The predicted octanol–water partition coefficient (Wildman–Crippen LogP) is 2.60. The number of aromatic nitrogens is 2. The topological polar surface area (TPSA) is 95.4 Å².